The van der Waals surface area contributed by atoms with Crippen molar-refractivity contribution in [3.63, 3.8) is 0 Å². The molecule has 1 aliphatic carbocycles. The van der Waals surface area contributed by atoms with E-state index in [-0.39, 0.29) is 0 Å². The minimum atomic E-state index is 0.708. The maximum atomic E-state index is 5.52. The van der Waals surface area contributed by atoms with E-state index in [0.717, 1.165) is 24.9 Å². The largest absolute Gasteiger partial charge is 0.330 e. The van der Waals surface area contributed by atoms with Crippen LogP contribution in [0.4, 0.5) is 0 Å². The van der Waals surface area contributed by atoms with E-state index in [1.165, 1.54) is 23.9 Å². The maximum Gasteiger partial charge on any atom is 0.0960 e. The van der Waals surface area contributed by atoms with Gasteiger partial charge in [-0.2, -0.15) is 0 Å². The highest BCUT2D eigenvalue weighted by Crippen LogP contribution is 2.37. The average molecular weight is 215 g/mol. The number of nitrogens with zero attached hydrogens (tertiary/aromatic N) is 2. The van der Waals surface area contributed by atoms with Crippen LogP contribution in [0.3, 0.4) is 0 Å². The zero-order chi connectivity index (χ0) is 11.0. The molecular formula is C13H17N3. The standard InChI is InChI=1S/C13H17N3/c14-7-1-2-10-3-6-13-12(8-10)15-9-16(13)11-4-5-11/h3,6,8-9,11H,1-2,4-5,7,14H2. The molecule has 1 aliphatic rings. The van der Waals surface area contributed by atoms with Gasteiger partial charge in [-0.1, -0.05) is 6.07 Å². The SMILES string of the molecule is NCCCc1ccc2c(c1)ncn2C1CC1. The Bertz CT molecular complexity index is 497. The highest BCUT2D eigenvalue weighted by atomic mass is 15.1. The van der Waals surface area contributed by atoms with Crippen LogP contribution in [0.1, 0.15) is 30.9 Å². The second kappa shape index (κ2) is 3.91. The second-order valence-electron chi connectivity index (χ2n) is 4.60. The van der Waals surface area contributed by atoms with Crippen LogP contribution < -0.4 is 5.73 Å². The summed E-state index contributed by atoms with van der Waals surface area (Å²) in [6, 6.07) is 7.31. The van der Waals surface area contributed by atoms with Gasteiger partial charge in [-0.3, -0.25) is 0 Å². The molecular weight excluding hydrogens is 198 g/mol. The molecule has 0 amide bonds. The molecule has 3 heteroatoms. The molecule has 1 heterocycles. The first kappa shape index (κ1) is 9.85. The topological polar surface area (TPSA) is 43.8 Å². The zero-order valence-corrected chi connectivity index (χ0v) is 9.39. The monoisotopic (exact) mass is 215 g/mol. The number of aryl methyl sites for hydroxylation is 1. The van der Waals surface area contributed by atoms with Gasteiger partial charge in [0.25, 0.3) is 0 Å². The smallest absolute Gasteiger partial charge is 0.0960 e. The summed E-state index contributed by atoms with van der Waals surface area (Å²) >= 11 is 0. The molecule has 16 heavy (non-hydrogen) atoms. The summed E-state index contributed by atoms with van der Waals surface area (Å²) in [4.78, 5) is 4.48. The molecule has 1 aromatic heterocycles. The molecule has 0 unspecified atom stereocenters. The zero-order valence-electron chi connectivity index (χ0n) is 9.39. The van der Waals surface area contributed by atoms with E-state index < -0.39 is 0 Å². The summed E-state index contributed by atoms with van der Waals surface area (Å²) < 4.78 is 2.31. The van der Waals surface area contributed by atoms with Crippen molar-refractivity contribution in [2.24, 2.45) is 5.73 Å². The van der Waals surface area contributed by atoms with Crippen LogP contribution in [-0.4, -0.2) is 16.1 Å². The van der Waals surface area contributed by atoms with Crippen LogP contribution in [-0.2, 0) is 6.42 Å². The van der Waals surface area contributed by atoms with Gasteiger partial charge in [-0.15, -0.1) is 0 Å². The van der Waals surface area contributed by atoms with Gasteiger partial charge >= 0.3 is 0 Å². The highest BCUT2D eigenvalue weighted by molar-refractivity contribution is 5.76. The molecule has 0 bridgehead atoms. The van der Waals surface area contributed by atoms with E-state index in [0.29, 0.717) is 6.04 Å². The van der Waals surface area contributed by atoms with Crippen LogP contribution in [0.15, 0.2) is 24.5 Å². The van der Waals surface area contributed by atoms with Crippen LogP contribution in [0.5, 0.6) is 0 Å². The molecule has 1 aromatic carbocycles. The summed E-state index contributed by atoms with van der Waals surface area (Å²) in [5.74, 6) is 0. The Balaban J connectivity index is 1.93. The molecule has 0 saturated heterocycles. The van der Waals surface area contributed by atoms with Gasteiger partial charge in [-0.25, -0.2) is 4.98 Å². The lowest BCUT2D eigenvalue weighted by Gasteiger charge is -2.02. The first-order valence-corrected chi connectivity index (χ1v) is 6.04. The third-order valence-electron chi connectivity index (χ3n) is 3.25. The van der Waals surface area contributed by atoms with E-state index in [4.69, 9.17) is 5.73 Å². The summed E-state index contributed by atoms with van der Waals surface area (Å²) in [6.45, 7) is 0.758. The van der Waals surface area contributed by atoms with Gasteiger partial charge in [0.05, 0.1) is 17.4 Å². The molecule has 1 fully saturated rings. The minimum Gasteiger partial charge on any atom is -0.330 e. The molecule has 0 spiro atoms. The van der Waals surface area contributed by atoms with Crippen LogP contribution in [0, 0.1) is 0 Å². The number of aromatic nitrogens is 2. The molecule has 3 nitrogen and oxygen atoms in total. The summed E-state index contributed by atoms with van der Waals surface area (Å²) in [5.41, 5.74) is 9.27. The molecule has 0 aliphatic heterocycles. The number of hydrogen-bond acceptors (Lipinski definition) is 2. The van der Waals surface area contributed by atoms with Crippen molar-refractivity contribution in [1.29, 1.82) is 0 Å². The number of nitrogens with two attached hydrogens (primary N) is 1. The summed E-state index contributed by atoms with van der Waals surface area (Å²) in [5, 5.41) is 0. The first-order chi connectivity index (χ1) is 7.88. The quantitative estimate of drug-likeness (QED) is 0.850. The molecule has 2 N–H and O–H groups in total. The van der Waals surface area contributed by atoms with Gasteiger partial charge in [-0.05, 0) is 49.9 Å². The van der Waals surface area contributed by atoms with Crippen molar-refractivity contribution in [3.05, 3.63) is 30.1 Å². The lowest BCUT2D eigenvalue weighted by molar-refractivity contribution is 0.765. The molecule has 0 radical (unpaired) electrons. The lowest BCUT2D eigenvalue weighted by Crippen LogP contribution is -2.00. The van der Waals surface area contributed by atoms with Crippen LogP contribution in [0.25, 0.3) is 11.0 Å². The Morgan fingerprint density at radius 1 is 1.38 bits per heavy atom. The average Bonchev–Trinajstić information content (AvgIpc) is 3.07. The van der Waals surface area contributed by atoms with E-state index in [1.54, 1.807) is 0 Å². The number of fused-ring (bicyclic) bond motifs is 1. The Kier molecular flexibility index (Phi) is 2.40. The second-order valence-corrected chi connectivity index (χ2v) is 4.60. The van der Waals surface area contributed by atoms with Crippen molar-refractivity contribution in [1.82, 2.24) is 9.55 Å². The van der Waals surface area contributed by atoms with Crippen molar-refractivity contribution in [2.75, 3.05) is 6.54 Å². The van der Waals surface area contributed by atoms with E-state index in [1.807, 2.05) is 6.33 Å². The van der Waals surface area contributed by atoms with Gasteiger partial charge < -0.3 is 10.3 Å². The number of rotatable bonds is 4. The maximum absolute atomic E-state index is 5.52. The van der Waals surface area contributed by atoms with Gasteiger partial charge in [0.1, 0.15) is 0 Å². The molecule has 1 saturated carbocycles. The minimum absolute atomic E-state index is 0.708. The fourth-order valence-corrected chi connectivity index (χ4v) is 2.18. The van der Waals surface area contributed by atoms with E-state index >= 15 is 0 Å². The fraction of sp³-hybridized carbons (Fsp3) is 0.462. The highest BCUT2D eigenvalue weighted by Gasteiger charge is 2.24. The van der Waals surface area contributed by atoms with Crippen molar-refractivity contribution >= 4 is 11.0 Å². The molecule has 0 atom stereocenters. The van der Waals surface area contributed by atoms with E-state index in [9.17, 15) is 0 Å². The predicted molar refractivity (Wildman–Crippen MR) is 65.4 cm³/mol. The van der Waals surface area contributed by atoms with Crippen molar-refractivity contribution in [2.45, 2.75) is 31.7 Å². The first-order valence-electron chi connectivity index (χ1n) is 6.04. The van der Waals surface area contributed by atoms with E-state index in [2.05, 4.69) is 27.8 Å². The van der Waals surface area contributed by atoms with Crippen LogP contribution >= 0.6 is 0 Å². The summed E-state index contributed by atoms with van der Waals surface area (Å²) in [6.07, 6.45) is 6.70. The van der Waals surface area contributed by atoms with Gasteiger partial charge in [0.15, 0.2) is 0 Å². The van der Waals surface area contributed by atoms with Crippen molar-refractivity contribution < 1.29 is 0 Å². The molecule has 3 rings (SSSR count). The van der Waals surface area contributed by atoms with Gasteiger partial charge in [0.2, 0.25) is 0 Å². The Hall–Kier alpha value is -1.35. The van der Waals surface area contributed by atoms with Crippen LogP contribution in [0.2, 0.25) is 0 Å². The molecule has 2 aromatic rings. The van der Waals surface area contributed by atoms with Crippen molar-refractivity contribution in [3.8, 4) is 0 Å². The predicted octanol–water partition coefficient (Wildman–Crippen LogP) is 2.26. The number of hydrogen-bond donors (Lipinski definition) is 1. The Labute approximate surface area is 95.3 Å². The third kappa shape index (κ3) is 1.71. The summed E-state index contributed by atoms with van der Waals surface area (Å²) in [7, 11) is 0. The molecule has 84 valence electrons. The normalized spacial score (nSPS) is 15.8. The lowest BCUT2D eigenvalue weighted by atomic mass is 10.1. The fourth-order valence-electron chi connectivity index (χ4n) is 2.18. The van der Waals surface area contributed by atoms with Gasteiger partial charge in [0, 0.05) is 6.04 Å². The Morgan fingerprint density at radius 3 is 3.00 bits per heavy atom. The third-order valence-corrected chi connectivity index (χ3v) is 3.25. The Morgan fingerprint density at radius 2 is 2.25 bits per heavy atom. The number of imidazole rings is 1. The number of benzene rings is 1.